The Balaban J connectivity index is 1.08. The Hall–Kier alpha value is -6.64. The highest BCUT2D eigenvalue weighted by molar-refractivity contribution is 5.99. The van der Waals surface area contributed by atoms with Crippen LogP contribution in [0, 0.1) is 0 Å². The molecule has 0 saturated heterocycles. The van der Waals surface area contributed by atoms with Gasteiger partial charge in [0.2, 0.25) is 0 Å². The summed E-state index contributed by atoms with van der Waals surface area (Å²) >= 11 is 0. The minimum absolute atomic E-state index is 0.0989. The van der Waals surface area contributed by atoms with E-state index >= 15 is 0 Å². The monoisotopic (exact) mass is 676 g/mol. The van der Waals surface area contributed by atoms with Gasteiger partial charge >= 0.3 is 0 Å². The molecular weight excluding hydrogens is 641 g/mol. The van der Waals surface area contributed by atoms with Gasteiger partial charge in [0.05, 0.1) is 11.4 Å². The number of rotatable bonds is 5. The molecule has 0 aliphatic heterocycles. The van der Waals surface area contributed by atoms with Gasteiger partial charge in [-0.3, -0.25) is 0 Å². The summed E-state index contributed by atoms with van der Waals surface area (Å²) in [6.07, 6.45) is 0. The Labute approximate surface area is 310 Å². The van der Waals surface area contributed by atoms with Crippen LogP contribution in [-0.4, -0.2) is 9.97 Å². The lowest BCUT2D eigenvalue weighted by molar-refractivity contribution is 0.661. The Morgan fingerprint density at radius 3 is 1.70 bits per heavy atom. The lowest BCUT2D eigenvalue weighted by atomic mass is 9.81. The lowest BCUT2D eigenvalue weighted by Gasteiger charge is -2.22. The van der Waals surface area contributed by atoms with Crippen LogP contribution in [0.25, 0.3) is 88.8 Å². The molecule has 1 aliphatic rings. The molecule has 2 nitrogen and oxygen atoms in total. The molecule has 1 aromatic heterocycles. The maximum absolute atomic E-state index is 5.18. The second-order valence-electron chi connectivity index (χ2n) is 14.6. The molecule has 9 aromatic rings. The van der Waals surface area contributed by atoms with Crippen molar-refractivity contribution in [3.8, 4) is 67.3 Å². The highest BCUT2D eigenvalue weighted by Gasteiger charge is 2.37. The van der Waals surface area contributed by atoms with Gasteiger partial charge in [-0.05, 0) is 96.4 Å². The largest absolute Gasteiger partial charge is 0.228 e. The van der Waals surface area contributed by atoms with E-state index in [0.29, 0.717) is 5.82 Å². The van der Waals surface area contributed by atoms with Crippen LogP contribution in [0.3, 0.4) is 0 Å². The Morgan fingerprint density at radius 2 is 0.925 bits per heavy atom. The summed E-state index contributed by atoms with van der Waals surface area (Å²) in [7, 11) is 0. The first-order valence-electron chi connectivity index (χ1n) is 18.3. The number of nitrogens with zero attached hydrogens (tertiary/aromatic N) is 2. The van der Waals surface area contributed by atoms with E-state index in [9.17, 15) is 0 Å². The Kier molecular flexibility index (Phi) is 7.19. The normalized spacial score (nSPS) is 12.9. The molecule has 250 valence electrons. The number of hydrogen-bond donors (Lipinski definition) is 0. The molecule has 1 heterocycles. The lowest BCUT2D eigenvalue weighted by Crippen LogP contribution is -2.14. The molecule has 0 N–H and O–H groups in total. The van der Waals surface area contributed by atoms with Gasteiger partial charge in [-0.15, -0.1) is 0 Å². The molecule has 0 fully saturated rings. The van der Waals surface area contributed by atoms with Gasteiger partial charge in [0, 0.05) is 22.1 Å². The van der Waals surface area contributed by atoms with E-state index in [1.54, 1.807) is 0 Å². The average Bonchev–Trinajstić information content (AvgIpc) is 3.45. The summed E-state index contributed by atoms with van der Waals surface area (Å²) in [5.41, 5.74) is 15.0. The van der Waals surface area contributed by atoms with Crippen molar-refractivity contribution in [3.05, 3.63) is 193 Å². The SMILES string of the molecule is CC1(C)c2cc3ccccc3cc2-c2c(-c3cccc(-c4cc(-c5ccc(-c6ccc7ccccc7c6)cc5)nc(-c5ccccc5)n4)c3)cccc21. The van der Waals surface area contributed by atoms with Crippen LogP contribution in [0.2, 0.25) is 0 Å². The predicted octanol–water partition coefficient (Wildman–Crippen LogP) is 13.4. The predicted molar refractivity (Wildman–Crippen MR) is 222 cm³/mol. The quantitative estimate of drug-likeness (QED) is 0.181. The minimum Gasteiger partial charge on any atom is -0.228 e. The van der Waals surface area contributed by atoms with E-state index in [1.165, 1.54) is 66.1 Å². The first-order chi connectivity index (χ1) is 26.0. The van der Waals surface area contributed by atoms with Gasteiger partial charge in [0.25, 0.3) is 0 Å². The Morgan fingerprint density at radius 1 is 0.340 bits per heavy atom. The first-order valence-corrected chi connectivity index (χ1v) is 18.3. The van der Waals surface area contributed by atoms with Crippen LogP contribution >= 0.6 is 0 Å². The summed E-state index contributed by atoms with van der Waals surface area (Å²) in [5, 5.41) is 5.04. The summed E-state index contributed by atoms with van der Waals surface area (Å²) < 4.78 is 0. The van der Waals surface area contributed by atoms with Gasteiger partial charge < -0.3 is 0 Å². The van der Waals surface area contributed by atoms with Crippen LogP contribution in [-0.2, 0) is 5.41 Å². The molecule has 0 spiro atoms. The van der Waals surface area contributed by atoms with Crippen molar-refractivity contribution < 1.29 is 0 Å². The highest BCUT2D eigenvalue weighted by Crippen LogP contribution is 2.53. The molecular formula is C51H36N2. The summed E-state index contributed by atoms with van der Waals surface area (Å²) in [4.78, 5) is 10.3. The zero-order valence-corrected chi connectivity index (χ0v) is 29.7. The van der Waals surface area contributed by atoms with Crippen molar-refractivity contribution in [1.29, 1.82) is 0 Å². The van der Waals surface area contributed by atoms with Crippen molar-refractivity contribution in [2.75, 3.05) is 0 Å². The number of benzene rings is 8. The molecule has 53 heavy (non-hydrogen) atoms. The fourth-order valence-corrected chi connectivity index (χ4v) is 8.22. The Bertz CT molecular complexity index is 2850. The van der Waals surface area contributed by atoms with Crippen molar-refractivity contribution in [2.24, 2.45) is 0 Å². The summed E-state index contributed by atoms with van der Waals surface area (Å²) in [6.45, 7) is 4.71. The third-order valence-electron chi connectivity index (χ3n) is 11.1. The van der Waals surface area contributed by atoms with E-state index in [1.807, 2.05) is 18.2 Å². The first kappa shape index (κ1) is 31.1. The number of aromatic nitrogens is 2. The van der Waals surface area contributed by atoms with Crippen LogP contribution in [0.4, 0.5) is 0 Å². The highest BCUT2D eigenvalue weighted by atomic mass is 14.9. The van der Waals surface area contributed by atoms with Crippen LogP contribution in [0.5, 0.6) is 0 Å². The standard InChI is InChI=1S/C51H36N2/c1-51(2)45-21-11-20-43(49(45)44-30-38-16-8-9-17-39(38)31-46(44)51)41-18-10-19-42(29-41)48-32-47(52-50(53-48)36-13-4-3-5-14-36)35-25-22-34(23-26-35)40-27-24-33-12-6-7-15-37(33)28-40/h3-32H,1-2H3. The maximum Gasteiger partial charge on any atom is 0.160 e. The maximum atomic E-state index is 5.18. The van der Waals surface area contributed by atoms with Crippen molar-refractivity contribution in [1.82, 2.24) is 9.97 Å². The summed E-state index contributed by atoms with van der Waals surface area (Å²) in [6, 6.07) is 65.5. The van der Waals surface area contributed by atoms with E-state index in [0.717, 1.165) is 28.1 Å². The molecule has 10 rings (SSSR count). The third kappa shape index (κ3) is 5.34. The average molecular weight is 677 g/mol. The van der Waals surface area contributed by atoms with Gasteiger partial charge in [-0.25, -0.2) is 9.97 Å². The smallest absolute Gasteiger partial charge is 0.160 e. The molecule has 8 aromatic carbocycles. The molecule has 0 bridgehead atoms. The van der Waals surface area contributed by atoms with E-state index in [4.69, 9.17) is 9.97 Å². The zero-order valence-electron chi connectivity index (χ0n) is 29.7. The van der Waals surface area contributed by atoms with E-state index < -0.39 is 0 Å². The van der Waals surface area contributed by atoms with Crippen LogP contribution < -0.4 is 0 Å². The minimum atomic E-state index is -0.0989. The van der Waals surface area contributed by atoms with Crippen molar-refractivity contribution in [3.63, 3.8) is 0 Å². The van der Waals surface area contributed by atoms with Gasteiger partial charge in [-0.2, -0.15) is 0 Å². The van der Waals surface area contributed by atoms with Gasteiger partial charge in [-0.1, -0.05) is 166 Å². The van der Waals surface area contributed by atoms with Crippen molar-refractivity contribution in [2.45, 2.75) is 19.3 Å². The topological polar surface area (TPSA) is 25.8 Å². The second kappa shape index (κ2) is 12.3. The molecule has 0 radical (unpaired) electrons. The molecule has 0 saturated carbocycles. The number of fused-ring (bicyclic) bond motifs is 5. The number of hydrogen-bond acceptors (Lipinski definition) is 2. The zero-order chi connectivity index (χ0) is 35.5. The van der Waals surface area contributed by atoms with Gasteiger partial charge in [0.1, 0.15) is 0 Å². The molecule has 2 heteroatoms. The van der Waals surface area contributed by atoms with Crippen LogP contribution in [0.1, 0.15) is 25.0 Å². The molecule has 1 aliphatic carbocycles. The second-order valence-corrected chi connectivity index (χ2v) is 14.6. The van der Waals surface area contributed by atoms with Gasteiger partial charge in [0.15, 0.2) is 5.82 Å². The molecule has 0 amide bonds. The van der Waals surface area contributed by atoms with E-state index in [-0.39, 0.29) is 5.41 Å². The van der Waals surface area contributed by atoms with Crippen LogP contribution in [0.15, 0.2) is 182 Å². The van der Waals surface area contributed by atoms with Crippen molar-refractivity contribution >= 4 is 21.5 Å². The molecule has 0 atom stereocenters. The fraction of sp³-hybridized carbons (Fsp3) is 0.0588. The fourth-order valence-electron chi connectivity index (χ4n) is 8.22. The third-order valence-corrected chi connectivity index (χ3v) is 11.1. The van der Waals surface area contributed by atoms with E-state index in [2.05, 4.69) is 178 Å². The summed E-state index contributed by atoms with van der Waals surface area (Å²) in [5.74, 6) is 0.713. The molecule has 0 unspecified atom stereocenters.